The lowest BCUT2D eigenvalue weighted by Crippen LogP contribution is -2.51. The van der Waals surface area contributed by atoms with Crippen molar-refractivity contribution in [2.45, 2.75) is 70.7 Å². The first-order valence-electron chi connectivity index (χ1n) is 9.90. The Labute approximate surface area is 174 Å². The summed E-state index contributed by atoms with van der Waals surface area (Å²) in [4.78, 5) is 12.0. The van der Waals surface area contributed by atoms with Gasteiger partial charge in [0.25, 0.3) is 9.04 Å². The highest BCUT2D eigenvalue weighted by atomic mass is 28.4. The molecule has 0 aliphatic carbocycles. The molecule has 166 valence electrons. The number of aliphatic hydroxyl groups is 1. The van der Waals surface area contributed by atoms with Gasteiger partial charge in [0.2, 0.25) is 0 Å². The molecular formula is C18H40O7Si3. The van der Waals surface area contributed by atoms with Gasteiger partial charge in [-0.05, 0) is 45.7 Å². The molecule has 0 aliphatic rings. The Bertz CT molecular complexity index is 433. The van der Waals surface area contributed by atoms with Crippen LogP contribution >= 0.6 is 0 Å². The van der Waals surface area contributed by atoms with Crippen molar-refractivity contribution in [1.82, 2.24) is 0 Å². The van der Waals surface area contributed by atoms with Crippen LogP contribution < -0.4 is 0 Å². The van der Waals surface area contributed by atoms with Gasteiger partial charge in [-0.15, -0.1) is 0 Å². The van der Waals surface area contributed by atoms with E-state index in [1.165, 1.54) is 0 Å². The molecule has 0 saturated heterocycles. The lowest BCUT2D eigenvalue weighted by molar-refractivity contribution is -0.130. The molecule has 2 atom stereocenters. The summed E-state index contributed by atoms with van der Waals surface area (Å²) in [6.07, 6.45) is 1.77. The van der Waals surface area contributed by atoms with Crippen LogP contribution in [0, 0.1) is 0 Å². The summed E-state index contributed by atoms with van der Waals surface area (Å²) in [5, 5.41) is 9.13. The van der Waals surface area contributed by atoms with Gasteiger partial charge in [0.1, 0.15) is 0 Å². The van der Waals surface area contributed by atoms with Crippen LogP contribution in [-0.2, 0) is 27.5 Å². The third-order valence-electron chi connectivity index (χ3n) is 3.27. The number of carbonyl (C=O) groups is 1. The number of hydrogen-bond acceptors (Lipinski definition) is 7. The molecule has 0 amide bonds. The van der Waals surface area contributed by atoms with Crippen LogP contribution in [0.2, 0.25) is 45.3 Å². The minimum atomic E-state index is -2.36. The van der Waals surface area contributed by atoms with Crippen LogP contribution in [0.15, 0.2) is 12.7 Å². The fraction of sp³-hybridized carbons (Fsp3) is 0.833. The normalized spacial score (nSPS) is 14.8. The highest BCUT2D eigenvalue weighted by Crippen LogP contribution is 2.21. The summed E-state index contributed by atoms with van der Waals surface area (Å²) in [6.45, 7) is 19.1. The lowest BCUT2D eigenvalue weighted by Gasteiger charge is -2.36. The summed E-state index contributed by atoms with van der Waals surface area (Å²) in [7, 11) is -6.26. The molecule has 0 saturated carbocycles. The van der Waals surface area contributed by atoms with E-state index in [1.54, 1.807) is 0 Å². The third kappa shape index (κ3) is 14.6. The zero-order chi connectivity index (χ0) is 21.8. The monoisotopic (exact) mass is 452 g/mol. The molecule has 0 rings (SSSR count). The molecule has 0 bridgehead atoms. The van der Waals surface area contributed by atoms with Gasteiger partial charge in [-0.2, -0.15) is 0 Å². The Morgan fingerprint density at radius 3 is 2.11 bits per heavy atom. The number of hydrogen-bond donors (Lipinski definition) is 1. The highest BCUT2D eigenvalue weighted by molar-refractivity contribution is 6.72. The molecule has 0 spiro atoms. The predicted molar refractivity (Wildman–Crippen MR) is 119 cm³/mol. The smallest absolute Gasteiger partial charge is 0.316 e. The van der Waals surface area contributed by atoms with Crippen molar-refractivity contribution in [3.8, 4) is 0 Å². The Morgan fingerprint density at radius 2 is 1.68 bits per heavy atom. The molecule has 10 heteroatoms. The largest absolute Gasteiger partial charge is 0.513 e. The van der Waals surface area contributed by atoms with Gasteiger partial charge in [0.05, 0.1) is 25.9 Å². The standard InChI is InChI=1S/C18H40O7Si3/c1-9-12-21-14-16(22-13-11-19)15-26(23-17(20)10-2)18(24-27(3,4)5)25-28(6,7)8/h10,16,18-19,26H,2,9,11-15H2,1,3-8H3. The summed E-state index contributed by atoms with van der Waals surface area (Å²) >= 11 is 0. The number of rotatable bonds is 16. The van der Waals surface area contributed by atoms with Crippen LogP contribution in [0.5, 0.6) is 0 Å². The lowest BCUT2D eigenvalue weighted by atomic mass is 10.4. The van der Waals surface area contributed by atoms with Crippen LogP contribution in [0.4, 0.5) is 0 Å². The first-order valence-corrected chi connectivity index (χ1v) is 18.7. The molecule has 0 aromatic carbocycles. The van der Waals surface area contributed by atoms with Crippen LogP contribution in [0.1, 0.15) is 13.3 Å². The van der Waals surface area contributed by atoms with Gasteiger partial charge < -0.3 is 27.9 Å². The minimum Gasteiger partial charge on any atom is -0.513 e. The Kier molecular flexibility index (Phi) is 13.6. The van der Waals surface area contributed by atoms with Crippen molar-refractivity contribution < 1.29 is 32.7 Å². The number of carbonyl (C=O) groups excluding carboxylic acids is 1. The fourth-order valence-corrected chi connectivity index (χ4v) is 9.17. The van der Waals surface area contributed by atoms with E-state index >= 15 is 0 Å². The zero-order valence-electron chi connectivity index (χ0n) is 18.7. The quantitative estimate of drug-likeness (QED) is 0.167. The summed E-state index contributed by atoms with van der Waals surface area (Å²) < 4.78 is 29.8. The Balaban J connectivity index is 5.51. The molecule has 0 aromatic rings. The second-order valence-corrected chi connectivity index (χ2v) is 19.8. The maximum Gasteiger partial charge on any atom is 0.316 e. The van der Waals surface area contributed by atoms with Crippen molar-refractivity contribution in [1.29, 1.82) is 0 Å². The molecule has 2 unspecified atom stereocenters. The van der Waals surface area contributed by atoms with Crippen molar-refractivity contribution >= 4 is 31.6 Å². The molecule has 0 aromatic heterocycles. The highest BCUT2D eigenvalue weighted by Gasteiger charge is 2.38. The zero-order valence-corrected chi connectivity index (χ0v) is 21.8. The second-order valence-electron chi connectivity index (χ2n) is 8.54. The molecule has 0 aliphatic heterocycles. The summed E-state index contributed by atoms with van der Waals surface area (Å²) in [5.41, 5.74) is 0. The molecule has 0 fully saturated rings. The van der Waals surface area contributed by atoms with E-state index in [0.717, 1.165) is 12.5 Å². The molecule has 0 radical (unpaired) electrons. The molecule has 28 heavy (non-hydrogen) atoms. The first-order chi connectivity index (χ1) is 12.9. The van der Waals surface area contributed by atoms with E-state index in [4.69, 9.17) is 27.9 Å². The predicted octanol–water partition coefficient (Wildman–Crippen LogP) is 2.81. The molecular weight excluding hydrogens is 412 g/mol. The first kappa shape index (κ1) is 27.7. The minimum absolute atomic E-state index is 0.0802. The molecule has 7 nitrogen and oxygen atoms in total. The van der Waals surface area contributed by atoms with Gasteiger partial charge in [0.15, 0.2) is 22.5 Å². The van der Waals surface area contributed by atoms with E-state index in [0.29, 0.717) is 19.3 Å². The molecule has 0 heterocycles. The van der Waals surface area contributed by atoms with Crippen molar-refractivity contribution in [3.05, 3.63) is 12.7 Å². The van der Waals surface area contributed by atoms with Crippen molar-refractivity contribution in [2.24, 2.45) is 0 Å². The average Bonchev–Trinajstić information content (AvgIpc) is 2.55. The maximum atomic E-state index is 12.0. The van der Waals surface area contributed by atoms with Gasteiger partial charge in [-0.1, -0.05) is 13.5 Å². The van der Waals surface area contributed by atoms with Gasteiger partial charge in [-0.25, -0.2) is 4.79 Å². The Morgan fingerprint density at radius 1 is 1.11 bits per heavy atom. The fourth-order valence-electron chi connectivity index (χ4n) is 2.31. The van der Waals surface area contributed by atoms with E-state index < -0.39 is 37.6 Å². The van der Waals surface area contributed by atoms with Crippen LogP contribution in [0.25, 0.3) is 0 Å². The Hall–Kier alpha value is -0.339. The SMILES string of the molecule is C=CC(=O)O[SiH](CC(COCCC)OCCO)C(O[Si](C)(C)C)O[Si](C)(C)C. The maximum absolute atomic E-state index is 12.0. The van der Waals surface area contributed by atoms with Crippen LogP contribution in [-0.4, -0.2) is 75.2 Å². The van der Waals surface area contributed by atoms with E-state index in [2.05, 4.69) is 45.9 Å². The summed E-state index contributed by atoms with van der Waals surface area (Å²) in [6, 6.07) is 0.475. The van der Waals surface area contributed by atoms with Gasteiger partial charge in [-0.3, -0.25) is 0 Å². The van der Waals surface area contributed by atoms with E-state index in [1.807, 2.05) is 6.92 Å². The average molecular weight is 453 g/mol. The molecule has 1 N–H and O–H groups in total. The topological polar surface area (TPSA) is 83.5 Å². The third-order valence-corrected chi connectivity index (χ3v) is 8.10. The van der Waals surface area contributed by atoms with E-state index in [9.17, 15) is 4.79 Å². The van der Waals surface area contributed by atoms with Gasteiger partial charge in [0, 0.05) is 18.7 Å². The number of ether oxygens (including phenoxy) is 2. The number of aliphatic hydroxyl groups excluding tert-OH is 1. The van der Waals surface area contributed by atoms with Crippen LogP contribution in [0.3, 0.4) is 0 Å². The van der Waals surface area contributed by atoms with E-state index in [-0.39, 0.29) is 19.3 Å². The van der Waals surface area contributed by atoms with Crippen molar-refractivity contribution in [2.75, 3.05) is 26.4 Å². The van der Waals surface area contributed by atoms with Gasteiger partial charge >= 0.3 is 5.97 Å². The second kappa shape index (κ2) is 13.8. The summed E-state index contributed by atoms with van der Waals surface area (Å²) in [5.74, 6) is -1.02. The van der Waals surface area contributed by atoms with Crippen molar-refractivity contribution in [3.63, 3.8) is 0 Å².